The quantitative estimate of drug-likeness (QED) is 0.594. The number of carbonyl (C=O) groups excluding carboxylic acids is 1. The Bertz CT molecular complexity index is 1080. The highest BCUT2D eigenvalue weighted by Crippen LogP contribution is 2.27. The van der Waals surface area contributed by atoms with Gasteiger partial charge >= 0.3 is 0 Å². The molecule has 1 heterocycles. The molecular formula is C17H13BrClN3O3S. The summed E-state index contributed by atoms with van der Waals surface area (Å²) in [6.45, 7) is 0. The second-order valence-corrected chi connectivity index (χ2v) is 8.42. The zero-order valence-electron chi connectivity index (χ0n) is 13.5. The summed E-state index contributed by atoms with van der Waals surface area (Å²) in [6, 6.07) is 10.6. The summed E-state index contributed by atoms with van der Waals surface area (Å²) in [5.74, 6) is 0.0582. The highest BCUT2D eigenvalue weighted by Gasteiger charge is 2.19. The lowest BCUT2D eigenvalue weighted by Gasteiger charge is -2.10. The van der Waals surface area contributed by atoms with E-state index in [9.17, 15) is 13.2 Å². The van der Waals surface area contributed by atoms with Crippen molar-refractivity contribution in [2.24, 2.45) is 7.05 Å². The topological polar surface area (TPSA) is 81.1 Å². The van der Waals surface area contributed by atoms with Gasteiger partial charge in [0, 0.05) is 35.2 Å². The van der Waals surface area contributed by atoms with Crippen LogP contribution in [0.1, 0.15) is 16.2 Å². The Labute approximate surface area is 164 Å². The van der Waals surface area contributed by atoms with Crippen molar-refractivity contribution in [3.63, 3.8) is 0 Å². The molecule has 0 spiro atoms. The molecule has 0 aliphatic rings. The molecule has 134 valence electrons. The third-order valence-corrected chi connectivity index (χ3v) is 5.96. The van der Waals surface area contributed by atoms with Crippen LogP contribution in [-0.4, -0.2) is 23.8 Å². The van der Waals surface area contributed by atoms with Crippen molar-refractivity contribution in [2.45, 2.75) is 4.90 Å². The Hall–Kier alpha value is -2.16. The molecule has 2 aromatic carbocycles. The van der Waals surface area contributed by atoms with Gasteiger partial charge in [-0.1, -0.05) is 27.5 Å². The molecule has 0 radical (unpaired) electrons. The van der Waals surface area contributed by atoms with E-state index in [4.69, 9.17) is 11.6 Å². The van der Waals surface area contributed by atoms with Gasteiger partial charge in [0.15, 0.2) is 5.82 Å². The number of ketones is 1. The lowest BCUT2D eigenvalue weighted by Crippen LogP contribution is -2.14. The Morgan fingerprint density at radius 3 is 2.46 bits per heavy atom. The van der Waals surface area contributed by atoms with Crippen molar-refractivity contribution in [3.05, 3.63) is 75.7 Å². The summed E-state index contributed by atoms with van der Waals surface area (Å²) in [6.07, 6.45) is 3.22. The first-order valence-corrected chi connectivity index (χ1v) is 10.0. The van der Waals surface area contributed by atoms with Crippen LogP contribution < -0.4 is 4.72 Å². The van der Waals surface area contributed by atoms with Crippen molar-refractivity contribution in [2.75, 3.05) is 4.72 Å². The van der Waals surface area contributed by atoms with Crippen molar-refractivity contribution in [1.82, 2.24) is 9.55 Å². The van der Waals surface area contributed by atoms with Crippen molar-refractivity contribution < 1.29 is 13.2 Å². The molecule has 0 saturated heterocycles. The minimum Gasteiger partial charge on any atom is -0.331 e. The highest BCUT2D eigenvalue weighted by atomic mass is 79.9. The third-order valence-electron chi connectivity index (χ3n) is 3.61. The number of halogens is 2. The van der Waals surface area contributed by atoms with Crippen molar-refractivity contribution >= 4 is 49.0 Å². The van der Waals surface area contributed by atoms with Crippen LogP contribution in [0.3, 0.4) is 0 Å². The molecule has 0 saturated carbocycles. The van der Waals surface area contributed by atoms with Crippen LogP contribution in [0.25, 0.3) is 0 Å². The van der Waals surface area contributed by atoms with Gasteiger partial charge in [0.1, 0.15) is 4.90 Å². The Kier molecular flexibility index (Phi) is 5.17. The monoisotopic (exact) mass is 453 g/mol. The number of carbonyl (C=O) groups is 1. The molecule has 6 nitrogen and oxygen atoms in total. The molecule has 1 aromatic heterocycles. The minimum absolute atomic E-state index is 0.0319. The molecule has 26 heavy (non-hydrogen) atoms. The number of aryl methyl sites for hydroxylation is 1. The zero-order chi connectivity index (χ0) is 18.9. The van der Waals surface area contributed by atoms with Gasteiger partial charge in [-0.3, -0.25) is 9.52 Å². The maximum absolute atomic E-state index is 12.5. The maximum Gasteiger partial charge on any atom is 0.263 e. The molecule has 0 bridgehead atoms. The zero-order valence-corrected chi connectivity index (χ0v) is 16.6. The number of imidazole rings is 1. The number of rotatable bonds is 5. The van der Waals surface area contributed by atoms with E-state index in [1.165, 1.54) is 42.6 Å². The number of nitrogens with zero attached hydrogens (tertiary/aromatic N) is 2. The van der Waals surface area contributed by atoms with Crippen LogP contribution in [-0.2, 0) is 17.1 Å². The van der Waals surface area contributed by atoms with Gasteiger partial charge in [-0.25, -0.2) is 13.4 Å². The molecule has 1 N–H and O–H groups in total. The van der Waals surface area contributed by atoms with E-state index in [0.29, 0.717) is 21.5 Å². The van der Waals surface area contributed by atoms with E-state index < -0.39 is 10.0 Å². The lowest BCUT2D eigenvalue weighted by molar-refractivity contribution is 0.102. The van der Waals surface area contributed by atoms with Crippen LogP contribution in [0.2, 0.25) is 5.02 Å². The number of anilines is 1. The first kappa shape index (κ1) is 18.6. The third kappa shape index (κ3) is 3.82. The summed E-state index contributed by atoms with van der Waals surface area (Å²) in [7, 11) is -2.12. The summed E-state index contributed by atoms with van der Waals surface area (Å²) in [4.78, 5) is 16.4. The molecule has 0 atom stereocenters. The smallest absolute Gasteiger partial charge is 0.263 e. The molecular weight excluding hydrogens is 442 g/mol. The number of hydrogen-bond acceptors (Lipinski definition) is 4. The first-order valence-electron chi connectivity index (χ1n) is 7.38. The fourth-order valence-electron chi connectivity index (χ4n) is 2.31. The van der Waals surface area contributed by atoms with Crippen LogP contribution >= 0.6 is 27.5 Å². The van der Waals surface area contributed by atoms with E-state index in [1.807, 2.05) is 0 Å². The molecule has 0 aliphatic carbocycles. The standard InChI is InChI=1S/C17H13BrClN3O3S/c1-22-9-8-20-17(22)16(23)11-2-5-13(6-3-11)21-26(24,25)15-7-4-12(18)10-14(15)19/h2-10,21H,1H3. The van der Waals surface area contributed by atoms with Crippen LogP contribution in [0.5, 0.6) is 0 Å². The van der Waals surface area contributed by atoms with Gasteiger partial charge in [-0.15, -0.1) is 0 Å². The van der Waals surface area contributed by atoms with E-state index in [2.05, 4.69) is 25.6 Å². The van der Waals surface area contributed by atoms with Gasteiger partial charge in [0.05, 0.1) is 5.02 Å². The second-order valence-electron chi connectivity index (χ2n) is 5.45. The first-order chi connectivity index (χ1) is 12.3. The summed E-state index contributed by atoms with van der Waals surface area (Å²) in [5.41, 5.74) is 0.726. The van der Waals surface area contributed by atoms with E-state index >= 15 is 0 Å². The second kappa shape index (κ2) is 7.22. The Morgan fingerprint density at radius 2 is 1.88 bits per heavy atom. The SMILES string of the molecule is Cn1ccnc1C(=O)c1ccc(NS(=O)(=O)c2ccc(Br)cc2Cl)cc1. The van der Waals surface area contributed by atoms with Crippen molar-refractivity contribution in [1.29, 1.82) is 0 Å². The molecule has 0 fully saturated rings. The minimum atomic E-state index is -3.85. The predicted molar refractivity (Wildman–Crippen MR) is 103 cm³/mol. The van der Waals surface area contributed by atoms with Crippen molar-refractivity contribution in [3.8, 4) is 0 Å². The molecule has 0 unspecified atom stereocenters. The van der Waals surface area contributed by atoms with Gasteiger partial charge in [0.25, 0.3) is 10.0 Å². The summed E-state index contributed by atoms with van der Waals surface area (Å²) < 4.78 is 29.7. The molecule has 0 amide bonds. The van der Waals surface area contributed by atoms with Crippen LogP contribution in [0.15, 0.2) is 64.2 Å². The van der Waals surface area contributed by atoms with E-state index in [1.54, 1.807) is 23.9 Å². The molecule has 3 rings (SSSR count). The Morgan fingerprint density at radius 1 is 1.19 bits per heavy atom. The summed E-state index contributed by atoms with van der Waals surface area (Å²) >= 11 is 9.25. The normalized spacial score (nSPS) is 11.3. The number of sulfonamides is 1. The number of aromatic nitrogens is 2. The molecule has 0 aliphatic heterocycles. The Balaban J connectivity index is 1.83. The van der Waals surface area contributed by atoms with E-state index in [-0.39, 0.29) is 15.7 Å². The molecule has 9 heteroatoms. The van der Waals surface area contributed by atoms with E-state index in [0.717, 1.165) is 0 Å². The molecule has 3 aromatic rings. The number of benzene rings is 2. The van der Waals surface area contributed by atoms with Crippen LogP contribution in [0.4, 0.5) is 5.69 Å². The van der Waals surface area contributed by atoms with Gasteiger partial charge in [0.2, 0.25) is 5.78 Å². The predicted octanol–water partition coefficient (Wildman–Crippen LogP) is 3.87. The lowest BCUT2D eigenvalue weighted by atomic mass is 10.1. The largest absolute Gasteiger partial charge is 0.331 e. The average molecular weight is 455 g/mol. The summed E-state index contributed by atoms with van der Waals surface area (Å²) in [5, 5.41) is 0.105. The fraction of sp³-hybridized carbons (Fsp3) is 0.0588. The number of nitrogens with one attached hydrogen (secondary N) is 1. The van der Waals surface area contributed by atoms with Crippen LogP contribution in [0, 0.1) is 0 Å². The maximum atomic E-state index is 12.5. The van der Waals surface area contributed by atoms with Gasteiger partial charge in [-0.2, -0.15) is 0 Å². The fourth-order valence-corrected chi connectivity index (χ4v) is 4.40. The van der Waals surface area contributed by atoms with Gasteiger partial charge < -0.3 is 4.57 Å². The van der Waals surface area contributed by atoms with Gasteiger partial charge in [-0.05, 0) is 42.5 Å². The highest BCUT2D eigenvalue weighted by molar-refractivity contribution is 9.10. The average Bonchev–Trinajstić information content (AvgIpc) is 3.00. The number of hydrogen-bond donors (Lipinski definition) is 1.